The molecule has 0 spiro atoms. The highest BCUT2D eigenvalue weighted by Gasteiger charge is 2.13. The molecule has 1 heterocycles. The minimum absolute atomic E-state index is 0.00431. The molecule has 7 nitrogen and oxygen atoms in total. The molecule has 0 aliphatic heterocycles. The summed E-state index contributed by atoms with van der Waals surface area (Å²) in [6.07, 6.45) is 2.99. The maximum absolute atomic E-state index is 12.9. The van der Waals surface area contributed by atoms with E-state index in [4.69, 9.17) is 5.73 Å². The van der Waals surface area contributed by atoms with Crippen molar-refractivity contribution in [3.63, 3.8) is 0 Å². The number of hydrogen-bond donors (Lipinski definition) is 2. The number of aromatic nitrogens is 1. The SMILES string of the molecule is NC(=O)Cn1cc(/C=N/NS(=O)(=O)c2ccc(F)cc2)c2ccccc21. The van der Waals surface area contributed by atoms with E-state index in [1.807, 2.05) is 24.3 Å². The first-order valence-electron chi connectivity index (χ1n) is 7.53. The van der Waals surface area contributed by atoms with Gasteiger partial charge in [0.05, 0.1) is 11.1 Å². The van der Waals surface area contributed by atoms with E-state index < -0.39 is 21.7 Å². The summed E-state index contributed by atoms with van der Waals surface area (Å²) in [5.41, 5.74) is 6.63. The fourth-order valence-electron chi connectivity index (χ4n) is 2.51. The molecular formula is C17H15FN4O3S. The molecule has 3 rings (SSSR count). The zero-order valence-corrected chi connectivity index (χ0v) is 14.3. The minimum atomic E-state index is -3.91. The van der Waals surface area contributed by atoms with Crippen LogP contribution in [0.2, 0.25) is 0 Å². The Hall–Kier alpha value is -3.20. The van der Waals surface area contributed by atoms with Crippen LogP contribution in [0.5, 0.6) is 0 Å². The quantitative estimate of drug-likeness (QED) is 0.505. The lowest BCUT2D eigenvalue weighted by molar-refractivity contribution is -0.118. The number of nitrogens with one attached hydrogen (secondary N) is 1. The first-order valence-corrected chi connectivity index (χ1v) is 9.02. The van der Waals surface area contributed by atoms with Crippen molar-refractivity contribution in [3.8, 4) is 0 Å². The molecule has 134 valence electrons. The van der Waals surface area contributed by atoms with Crippen LogP contribution in [0.4, 0.5) is 4.39 Å². The number of hydrazone groups is 1. The monoisotopic (exact) mass is 374 g/mol. The van der Waals surface area contributed by atoms with E-state index >= 15 is 0 Å². The maximum atomic E-state index is 12.9. The lowest BCUT2D eigenvalue weighted by atomic mass is 10.2. The van der Waals surface area contributed by atoms with Crippen molar-refractivity contribution in [2.24, 2.45) is 10.8 Å². The summed E-state index contributed by atoms with van der Waals surface area (Å²) in [6.45, 7) is -0.00431. The number of amides is 1. The third-order valence-corrected chi connectivity index (χ3v) is 4.88. The van der Waals surface area contributed by atoms with Gasteiger partial charge in [-0.15, -0.1) is 0 Å². The number of nitrogens with zero attached hydrogens (tertiary/aromatic N) is 2. The number of rotatable bonds is 6. The van der Waals surface area contributed by atoms with E-state index in [-0.39, 0.29) is 11.4 Å². The molecule has 0 aliphatic carbocycles. The molecule has 9 heteroatoms. The highest BCUT2D eigenvalue weighted by molar-refractivity contribution is 7.89. The fraction of sp³-hybridized carbons (Fsp3) is 0.0588. The first-order chi connectivity index (χ1) is 12.4. The van der Waals surface area contributed by atoms with Crippen molar-refractivity contribution in [1.82, 2.24) is 9.40 Å². The molecular weight excluding hydrogens is 359 g/mol. The third kappa shape index (κ3) is 3.72. The molecule has 3 aromatic rings. The van der Waals surface area contributed by atoms with Crippen LogP contribution in [0.3, 0.4) is 0 Å². The van der Waals surface area contributed by atoms with Crippen molar-refractivity contribution in [3.05, 3.63) is 66.1 Å². The zero-order chi connectivity index (χ0) is 18.7. The smallest absolute Gasteiger partial charge is 0.276 e. The number of carbonyl (C=O) groups is 1. The Morgan fingerprint density at radius 3 is 2.58 bits per heavy atom. The molecule has 0 fully saturated rings. The number of para-hydroxylation sites is 1. The standard InChI is InChI=1S/C17H15FN4O3S/c18-13-5-7-14(8-6-13)26(24,25)21-20-9-12-10-22(11-17(19)23)16-4-2-1-3-15(12)16/h1-10,21H,11H2,(H2,19,23)/b20-9+. The van der Waals surface area contributed by atoms with Crippen LogP contribution in [0.25, 0.3) is 10.9 Å². The number of sulfonamides is 1. The van der Waals surface area contributed by atoms with E-state index in [0.29, 0.717) is 5.56 Å². The second-order valence-corrected chi connectivity index (χ2v) is 7.16. The summed E-state index contributed by atoms with van der Waals surface area (Å²) >= 11 is 0. The van der Waals surface area contributed by atoms with Gasteiger partial charge >= 0.3 is 0 Å². The van der Waals surface area contributed by atoms with Gasteiger partial charge in [-0.05, 0) is 30.3 Å². The van der Waals surface area contributed by atoms with Gasteiger partial charge in [-0.25, -0.2) is 9.22 Å². The molecule has 0 unspecified atom stereocenters. The van der Waals surface area contributed by atoms with Crippen LogP contribution in [-0.2, 0) is 21.4 Å². The molecule has 1 aromatic heterocycles. The van der Waals surface area contributed by atoms with Gasteiger partial charge in [0.2, 0.25) is 5.91 Å². The van der Waals surface area contributed by atoms with E-state index in [0.717, 1.165) is 35.2 Å². The van der Waals surface area contributed by atoms with Crippen LogP contribution in [-0.4, -0.2) is 25.1 Å². The van der Waals surface area contributed by atoms with Crippen molar-refractivity contribution in [2.45, 2.75) is 11.4 Å². The predicted molar refractivity (Wildman–Crippen MR) is 95.4 cm³/mol. The molecule has 3 N–H and O–H groups in total. The summed E-state index contributed by atoms with van der Waals surface area (Å²) in [5, 5.41) is 4.56. The molecule has 0 atom stereocenters. The highest BCUT2D eigenvalue weighted by atomic mass is 32.2. The van der Waals surface area contributed by atoms with Gasteiger partial charge < -0.3 is 10.3 Å². The Morgan fingerprint density at radius 1 is 1.19 bits per heavy atom. The zero-order valence-electron chi connectivity index (χ0n) is 13.5. The second-order valence-electron chi connectivity index (χ2n) is 5.50. The van der Waals surface area contributed by atoms with E-state index in [1.54, 1.807) is 10.8 Å². The van der Waals surface area contributed by atoms with Crippen molar-refractivity contribution in [2.75, 3.05) is 0 Å². The normalized spacial score (nSPS) is 11.9. The maximum Gasteiger partial charge on any atom is 0.276 e. The van der Waals surface area contributed by atoms with E-state index in [9.17, 15) is 17.6 Å². The number of halogens is 1. The first kappa shape index (κ1) is 17.6. The number of fused-ring (bicyclic) bond motifs is 1. The van der Waals surface area contributed by atoms with Gasteiger partial charge in [0.15, 0.2) is 0 Å². The molecule has 1 amide bonds. The summed E-state index contributed by atoms with van der Waals surface area (Å²) in [5.74, 6) is -1.03. The Kier molecular flexibility index (Phi) is 4.72. The van der Waals surface area contributed by atoms with Gasteiger partial charge in [0.25, 0.3) is 10.0 Å². The lowest BCUT2D eigenvalue weighted by Crippen LogP contribution is -2.18. The van der Waals surface area contributed by atoms with E-state index in [2.05, 4.69) is 9.93 Å². The molecule has 0 saturated heterocycles. The van der Waals surface area contributed by atoms with Crippen LogP contribution < -0.4 is 10.6 Å². The average molecular weight is 374 g/mol. The number of carbonyl (C=O) groups excluding carboxylic acids is 1. The van der Waals surface area contributed by atoms with E-state index in [1.165, 1.54) is 6.21 Å². The molecule has 0 radical (unpaired) electrons. The van der Waals surface area contributed by atoms with Gasteiger partial charge in [-0.1, -0.05) is 18.2 Å². The van der Waals surface area contributed by atoms with Crippen molar-refractivity contribution < 1.29 is 17.6 Å². The summed E-state index contributed by atoms with van der Waals surface area (Å²) in [7, 11) is -3.91. The molecule has 26 heavy (non-hydrogen) atoms. The highest BCUT2D eigenvalue weighted by Crippen LogP contribution is 2.20. The Bertz CT molecular complexity index is 1090. The van der Waals surface area contributed by atoms with Crippen molar-refractivity contribution >= 4 is 33.0 Å². The minimum Gasteiger partial charge on any atom is -0.368 e. The van der Waals surface area contributed by atoms with Gasteiger partial charge in [-0.3, -0.25) is 4.79 Å². The summed E-state index contributed by atoms with van der Waals surface area (Å²) in [4.78, 5) is 13.2. The fourth-order valence-corrected chi connectivity index (χ4v) is 3.30. The van der Waals surface area contributed by atoms with Crippen LogP contribution in [0.15, 0.2) is 64.7 Å². The second kappa shape index (κ2) is 6.96. The topological polar surface area (TPSA) is 107 Å². The van der Waals surface area contributed by atoms with Crippen LogP contribution in [0.1, 0.15) is 5.56 Å². The average Bonchev–Trinajstić information content (AvgIpc) is 2.93. The van der Waals surface area contributed by atoms with Crippen LogP contribution in [0, 0.1) is 5.82 Å². The number of hydrogen-bond acceptors (Lipinski definition) is 4. The molecule has 0 bridgehead atoms. The largest absolute Gasteiger partial charge is 0.368 e. The number of benzene rings is 2. The number of primary amides is 1. The molecule has 2 aromatic carbocycles. The van der Waals surface area contributed by atoms with Gasteiger partial charge in [0.1, 0.15) is 12.4 Å². The summed E-state index contributed by atoms with van der Waals surface area (Å²) in [6, 6.07) is 11.7. The lowest BCUT2D eigenvalue weighted by Gasteiger charge is -2.02. The molecule has 0 saturated carbocycles. The van der Waals surface area contributed by atoms with Gasteiger partial charge in [0, 0.05) is 22.7 Å². The third-order valence-electron chi connectivity index (χ3n) is 3.65. The molecule has 0 aliphatic rings. The number of nitrogens with two attached hydrogens (primary N) is 1. The Labute approximate surface area is 149 Å². The summed E-state index contributed by atoms with van der Waals surface area (Å²) < 4.78 is 38.8. The van der Waals surface area contributed by atoms with Gasteiger partial charge in [-0.2, -0.15) is 13.5 Å². The van der Waals surface area contributed by atoms with Crippen molar-refractivity contribution in [1.29, 1.82) is 0 Å². The predicted octanol–water partition coefficient (Wildman–Crippen LogP) is 1.58. The Morgan fingerprint density at radius 2 is 1.88 bits per heavy atom. The van der Waals surface area contributed by atoms with Crippen LogP contribution >= 0.6 is 0 Å². The Balaban J connectivity index is 1.86.